The van der Waals surface area contributed by atoms with Crippen molar-refractivity contribution < 1.29 is 9.84 Å². The van der Waals surface area contributed by atoms with Crippen molar-refractivity contribution in [2.75, 3.05) is 0 Å². The van der Waals surface area contributed by atoms with E-state index < -0.39 is 0 Å². The maximum absolute atomic E-state index is 10.4. The average molecular weight is 220 g/mol. The minimum absolute atomic E-state index is 0.132. The summed E-state index contributed by atoms with van der Waals surface area (Å²) in [5.41, 5.74) is 0. The van der Waals surface area contributed by atoms with Gasteiger partial charge < -0.3 is 9.84 Å². The van der Waals surface area contributed by atoms with Gasteiger partial charge >= 0.3 is 0 Å². The van der Waals surface area contributed by atoms with E-state index in [1.54, 1.807) is 0 Å². The molecule has 0 unspecified atom stereocenters. The third kappa shape index (κ3) is 1.58. The molecule has 0 amide bonds. The predicted octanol–water partition coefficient (Wildman–Crippen LogP) is 1.82. The van der Waals surface area contributed by atoms with Gasteiger partial charge in [0.1, 0.15) is 0 Å². The van der Waals surface area contributed by atoms with E-state index in [-0.39, 0.29) is 6.10 Å². The topological polar surface area (TPSA) is 32.8 Å². The van der Waals surface area contributed by atoms with Gasteiger partial charge in [0.2, 0.25) is 0 Å². The number of hydrogen-bond acceptors (Lipinski definition) is 2. The molecule has 0 aromatic heterocycles. The summed E-state index contributed by atoms with van der Waals surface area (Å²) in [7, 11) is 0. The van der Waals surface area contributed by atoms with Crippen LogP contribution in [0.25, 0.3) is 0 Å². The minimum atomic E-state index is -0.132. The van der Waals surface area contributed by atoms with Crippen LogP contribution in [0, 0.1) is 35.5 Å². The summed E-state index contributed by atoms with van der Waals surface area (Å²) in [6.07, 6.45) is 4.07. The van der Waals surface area contributed by atoms with Crippen LogP contribution in [-0.2, 0) is 4.74 Å². The molecule has 1 N–H and O–H groups in total. The van der Waals surface area contributed by atoms with Crippen molar-refractivity contribution in [3.63, 3.8) is 0 Å². The van der Waals surface area contributed by atoms with Crippen LogP contribution >= 0.6 is 0 Å². The fraction of sp³-hybridized carbons (Fsp3) is 0.857. The fourth-order valence-corrected chi connectivity index (χ4v) is 3.50. The van der Waals surface area contributed by atoms with E-state index in [0.717, 1.165) is 12.3 Å². The van der Waals surface area contributed by atoms with Crippen LogP contribution in [0.4, 0.5) is 0 Å². The Morgan fingerprint density at radius 2 is 2.19 bits per heavy atom. The Bertz CT molecular complexity index is 340. The second kappa shape index (κ2) is 3.75. The largest absolute Gasteiger partial charge is 0.392 e. The lowest BCUT2D eigenvalue weighted by Gasteiger charge is -2.23. The second-order valence-electron chi connectivity index (χ2n) is 5.52. The van der Waals surface area contributed by atoms with E-state index in [4.69, 9.17) is 4.74 Å². The molecule has 2 nitrogen and oxygen atoms in total. The summed E-state index contributed by atoms with van der Waals surface area (Å²) < 4.78 is 5.54. The minimum Gasteiger partial charge on any atom is -0.392 e. The molecule has 3 aliphatic rings. The van der Waals surface area contributed by atoms with Crippen molar-refractivity contribution >= 4 is 0 Å². The maximum atomic E-state index is 10.4. The smallest absolute Gasteiger partial charge is 0.0982 e. The van der Waals surface area contributed by atoms with Gasteiger partial charge in [-0.15, -0.1) is 5.92 Å². The maximum Gasteiger partial charge on any atom is 0.0982 e. The van der Waals surface area contributed by atoms with Gasteiger partial charge in [-0.3, -0.25) is 0 Å². The number of rotatable bonds is 3. The molecule has 88 valence electrons. The molecular weight excluding hydrogens is 200 g/mol. The molecule has 2 aliphatic carbocycles. The van der Waals surface area contributed by atoms with E-state index in [2.05, 4.69) is 18.8 Å². The van der Waals surface area contributed by atoms with Crippen molar-refractivity contribution in [2.24, 2.45) is 23.7 Å². The molecular formula is C14H20O2. The van der Waals surface area contributed by atoms with Gasteiger partial charge in [0.15, 0.2) is 0 Å². The van der Waals surface area contributed by atoms with E-state index in [0.29, 0.717) is 30.0 Å². The second-order valence-corrected chi connectivity index (χ2v) is 5.52. The molecule has 16 heavy (non-hydrogen) atoms. The number of ether oxygens (including phenoxy) is 1. The number of aliphatic hydroxyl groups is 1. The van der Waals surface area contributed by atoms with Gasteiger partial charge in [-0.1, -0.05) is 19.3 Å². The molecule has 0 spiro atoms. The zero-order valence-corrected chi connectivity index (χ0v) is 10.0. The number of aliphatic hydroxyl groups excluding tert-OH is 1. The molecule has 2 saturated carbocycles. The summed E-state index contributed by atoms with van der Waals surface area (Å²) in [5.74, 6) is 8.23. The molecule has 0 bridgehead atoms. The van der Waals surface area contributed by atoms with Crippen LogP contribution in [0.3, 0.4) is 0 Å². The SMILES string of the molecule is CC#C[C@H]1[C@H]([C@@H](O)[C@@H]2C[C@@H]2CC)C[C@@H]2O[C@H]12. The lowest BCUT2D eigenvalue weighted by molar-refractivity contribution is 0.0472. The van der Waals surface area contributed by atoms with E-state index >= 15 is 0 Å². The fourth-order valence-electron chi connectivity index (χ4n) is 3.50. The van der Waals surface area contributed by atoms with Crippen molar-refractivity contribution in [1.29, 1.82) is 0 Å². The van der Waals surface area contributed by atoms with Crippen LogP contribution in [0.15, 0.2) is 0 Å². The zero-order chi connectivity index (χ0) is 11.3. The van der Waals surface area contributed by atoms with Gasteiger partial charge in [0.05, 0.1) is 24.2 Å². The Balaban J connectivity index is 1.67. The highest BCUT2D eigenvalue weighted by atomic mass is 16.6. The average Bonchev–Trinajstić information content (AvgIpc) is 3.18. The molecule has 0 radical (unpaired) electrons. The van der Waals surface area contributed by atoms with Gasteiger partial charge in [-0.2, -0.15) is 0 Å². The first-order valence-electron chi connectivity index (χ1n) is 6.52. The molecule has 3 fully saturated rings. The van der Waals surface area contributed by atoms with Crippen LogP contribution in [0.5, 0.6) is 0 Å². The Hall–Kier alpha value is -0.520. The van der Waals surface area contributed by atoms with Crippen molar-refractivity contribution in [2.45, 2.75) is 51.4 Å². The first-order valence-corrected chi connectivity index (χ1v) is 6.52. The standard InChI is InChI=1S/C14H20O2/c1-3-5-9-11(7-12-14(9)16-12)13(15)10-6-8(10)4-2/h8-15H,4,6-7H2,1-2H3/t8-,9-,10+,11+,12-,13-,14+/m0/s1. The molecule has 7 atom stereocenters. The summed E-state index contributed by atoms with van der Waals surface area (Å²) in [6, 6.07) is 0. The highest BCUT2D eigenvalue weighted by Crippen LogP contribution is 2.53. The van der Waals surface area contributed by atoms with E-state index in [1.165, 1.54) is 12.8 Å². The Morgan fingerprint density at radius 3 is 2.81 bits per heavy atom. The van der Waals surface area contributed by atoms with Crippen molar-refractivity contribution in [1.82, 2.24) is 0 Å². The lowest BCUT2D eigenvalue weighted by Crippen LogP contribution is -2.29. The number of epoxide rings is 1. The van der Waals surface area contributed by atoms with Crippen LogP contribution in [0.1, 0.15) is 33.1 Å². The van der Waals surface area contributed by atoms with Crippen LogP contribution in [0.2, 0.25) is 0 Å². The Labute approximate surface area is 97.4 Å². The van der Waals surface area contributed by atoms with Crippen molar-refractivity contribution in [3.8, 4) is 11.8 Å². The summed E-state index contributed by atoms with van der Waals surface area (Å²) in [6.45, 7) is 4.10. The van der Waals surface area contributed by atoms with Gasteiger partial charge in [-0.05, 0) is 31.6 Å². The first-order chi connectivity index (χ1) is 7.76. The molecule has 1 heterocycles. The van der Waals surface area contributed by atoms with E-state index in [1.807, 2.05) is 6.92 Å². The molecule has 0 aromatic carbocycles. The van der Waals surface area contributed by atoms with Gasteiger partial charge in [0, 0.05) is 5.92 Å². The van der Waals surface area contributed by atoms with Crippen LogP contribution in [-0.4, -0.2) is 23.4 Å². The predicted molar refractivity (Wildman–Crippen MR) is 61.6 cm³/mol. The number of hydrogen-bond donors (Lipinski definition) is 1. The van der Waals surface area contributed by atoms with Gasteiger partial charge in [0.25, 0.3) is 0 Å². The normalized spacial score (nSPS) is 50.2. The molecule has 2 heteroatoms. The summed E-state index contributed by atoms with van der Waals surface area (Å²) in [4.78, 5) is 0. The third-order valence-electron chi connectivity index (χ3n) is 4.63. The van der Waals surface area contributed by atoms with E-state index in [9.17, 15) is 5.11 Å². The highest BCUT2D eigenvalue weighted by molar-refractivity contribution is 5.18. The highest BCUT2D eigenvalue weighted by Gasteiger charge is 2.59. The van der Waals surface area contributed by atoms with Crippen molar-refractivity contribution in [3.05, 3.63) is 0 Å². The third-order valence-corrected chi connectivity index (χ3v) is 4.63. The van der Waals surface area contributed by atoms with Crippen LogP contribution < -0.4 is 0 Å². The Kier molecular flexibility index (Phi) is 2.49. The summed E-state index contributed by atoms with van der Waals surface area (Å²) in [5, 5.41) is 10.4. The molecule has 0 aromatic rings. The lowest BCUT2D eigenvalue weighted by atomic mass is 9.87. The Morgan fingerprint density at radius 1 is 1.38 bits per heavy atom. The number of fused-ring (bicyclic) bond motifs is 1. The zero-order valence-electron chi connectivity index (χ0n) is 10.0. The molecule has 1 aliphatic heterocycles. The quantitative estimate of drug-likeness (QED) is 0.581. The molecule has 1 saturated heterocycles. The molecule has 3 rings (SSSR count). The monoisotopic (exact) mass is 220 g/mol. The first kappa shape index (κ1) is 10.6. The van der Waals surface area contributed by atoms with Gasteiger partial charge in [-0.25, -0.2) is 0 Å². The summed E-state index contributed by atoms with van der Waals surface area (Å²) >= 11 is 0.